The van der Waals surface area contributed by atoms with Crippen molar-refractivity contribution in [1.29, 1.82) is 0 Å². The molecule has 2 heteroatoms. The molecule has 0 fully saturated rings. The molecule has 2 aromatic rings. The van der Waals surface area contributed by atoms with Crippen molar-refractivity contribution in [1.82, 2.24) is 0 Å². The number of benzene rings is 2. The highest BCUT2D eigenvalue weighted by Crippen LogP contribution is 2.24. The minimum absolute atomic E-state index is 0.00263. The summed E-state index contributed by atoms with van der Waals surface area (Å²) in [5.41, 5.74) is 3.61. The summed E-state index contributed by atoms with van der Waals surface area (Å²) in [5.74, 6) is 1.09. The molecule has 0 heterocycles. The molecule has 0 unspecified atom stereocenters. The molecule has 2 rings (SSSR count). The van der Waals surface area contributed by atoms with Crippen molar-refractivity contribution in [2.45, 2.75) is 26.7 Å². The maximum Gasteiger partial charge on any atom is 0.196 e. The number of rotatable bonds is 4. The van der Waals surface area contributed by atoms with Crippen LogP contribution in [0.15, 0.2) is 42.5 Å². The van der Waals surface area contributed by atoms with Gasteiger partial charge < -0.3 is 4.74 Å². The zero-order chi connectivity index (χ0) is 14.7. The monoisotopic (exact) mass is 268 g/mol. The van der Waals surface area contributed by atoms with Crippen molar-refractivity contribution in [3.05, 3.63) is 64.7 Å². The first-order valence-corrected chi connectivity index (χ1v) is 6.82. The summed E-state index contributed by atoms with van der Waals surface area (Å²) < 4.78 is 5.31. The standard InChI is InChI=1S/C18H20O2/c1-12(2)14-6-8-15(9-7-14)18(19)16-10-5-13(3)11-17(16)20-4/h5-12H,1-4H3. The molecular formula is C18H20O2. The van der Waals surface area contributed by atoms with E-state index in [1.807, 2.05) is 49.4 Å². The van der Waals surface area contributed by atoms with Gasteiger partial charge in [-0.1, -0.05) is 44.2 Å². The Bertz CT molecular complexity index is 610. The van der Waals surface area contributed by atoms with Crippen LogP contribution in [0.4, 0.5) is 0 Å². The highest BCUT2D eigenvalue weighted by Gasteiger charge is 2.14. The lowest BCUT2D eigenvalue weighted by Crippen LogP contribution is -2.04. The molecule has 0 aliphatic heterocycles. The fraction of sp³-hybridized carbons (Fsp3) is 0.278. The number of carbonyl (C=O) groups excluding carboxylic acids is 1. The molecule has 0 aliphatic rings. The molecule has 0 radical (unpaired) electrons. The Morgan fingerprint density at radius 2 is 1.70 bits per heavy atom. The average molecular weight is 268 g/mol. The first-order valence-electron chi connectivity index (χ1n) is 6.82. The van der Waals surface area contributed by atoms with Gasteiger partial charge in [0.2, 0.25) is 0 Å². The fourth-order valence-corrected chi connectivity index (χ4v) is 2.16. The second-order valence-corrected chi connectivity index (χ2v) is 5.31. The van der Waals surface area contributed by atoms with E-state index in [9.17, 15) is 4.79 Å². The molecule has 0 amide bonds. The van der Waals surface area contributed by atoms with Crippen LogP contribution in [0, 0.1) is 6.92 Å². The van der Waals surface area contributed by atoms with Gasteiger partial charge in [-0.15, -0.1) is 0 Å². The quantitative estimate of drug-likeness (QED) is 0.770. The third kappa shape index (κ3) is 2.90. The van der Waals surface area contributed by atoms with Gasteiger partial charge in [0.25, 0.3) is 0 Å². The number of aryl methyl sites for hydroxylation is 1. The second-order valence-electron chi connectivity index (χ2n) is 5.31. The number of carbonyl (C=O) groups is 1. The van der Waals surface area contributed by atoms with E-state index in [4.69, 9.17) is 4.74 Å². The Kier molecular flexibility index (Phi) is 4.23. The van der Waals surface area contributed by atoms with Gasteiger partial charge in [-0.3, -0.25) is 4.79 Å². The Balaban J connectivity index is 2.36. The van der Waals surface area contributed by atoms with Crippen LogP contribution in [-0.2, 0) is 0 Å². The predicted octanol–water partition coefficient (Wildman–Crippen LogP) is 4.36. The normalized spacial score (nSPS) is 10.7. The van der Waals surface area contributed by atoms with Gasteiger partial charge in [0, 0.05) is 5.56 Å². The van der Waals surface area contributed by atoms with Crippen molar-refractivity contribution in [2.24, 2.45) is 0 Å². The number of hydrogen-bond acceptors (Lipinski definition) is 2. The summed E-state index contributed by atoms with van der Waals surface area (Å²) in [5, 5.41) is 0. The van der Waals surface area contributed by atoms with Gasteiger partial charge >= 0.3 is 0 Å². The van der Waals surface area contributed by atoms with Crippen LogP contribution in [0.25, 0.3) is 0 Å². The SMILES string of the molecule is COc1cc(C)ccc1C(=O)c1ccc(C(C)C)cc1. The Morgan fingerprint density at radius 3 is 2.25 bits per heavy atom. The minimum atomic E-state index is -0.00263. The van der Waals surface area contributed by atoms with Crippen LogP contribution < -0.4 is 4.74 Å². The highest BCUT2D eigenvalue weighted by atomic mass is 16.5. The summed E-state index contributed by atoms with van der Waals surface area (Å²) in [6, 6.07) is 13.4. The lowest BCUT2D eigenvalue weighted by Gasteiger charge is -2.10. The minimum Gasteiger partial charge on any atom is -0.496 e. The molecule has 0 bridgehead atoms. The van der Waals surface area contributed by atoms with E-state index in [1.165, 1.54) is 5.56 Å². The van der Waals surface area contributed by atoms with E-state index >= 15 is 0 Å². The van der Waals surface area contributed by atoms with E-state index in [0.717, 1.165) is 5.56 Å². The maximum absolute atomic E-state index is 12.5. The molecule has 0 aliphatic carbocycles. The Labute approximate surface area is 120 Å². The van der Waals surface area contributed by atoms with Crippen LogP contribution in [0.3, 0.4) is 0 Å². The number of hydrogen-bond donors (Lipinski definition) is 0. The summed E-state index contributed by atoms with van der Waals surface area (Å²) >= 11 is 0. The molecule has 104 valence electrons. The predicted molar refractivity (Wildman–Crippen MR) is 81.7 cm³/mol. The summed E-state index contributed by atoms with van der Waals surface area (Å²) in [6.07, 6.45) is 0. The first kappa shape index (κ1) is 14.3. The van der Waals surface area contributed by atoms with Crippen LogP contribution in [0.1, 0.15) is 46.8 Å². The van der Waals surface area contributed by atoms with Crippen molar-refractivity contribution >= 4 is 5.78 Å². The van der Waals surface area contributed by atoms with Gasteiger partial charge in [0.15, 0.2) is 5.78 Å². The topological polar surface area (TPSA) is 26.3 Å². The Morgan fingerprint density at radius 1 is 1.05 bits per heavy atom. The van der Waals surface area contributed by atoms with Crippen LogP contribution >= 0.6 is 0 Å². The van der Waals surface area contributed by atoms with E-state index in [-0.39, 0.29) is 5.78 Å². The van der Waals surface area contributed by atoms with Gasteiger partial charge in [0.05, 0.1) is 12.7 Å². The van der Waals surface area contributed by atoms with E-state index < -0.39 is 0 Å². The van der Waals surface area contributed by atoms with Gasteiger partial charge in [-0.05, 0) is 36.1 Å². The van der Waals surface area contributed by atoms with Crippen molar-refractivity contribution in [2.75, 3.05) is 7.11 Å². The molecule has 20 heavy (non-hydrogen) atoms. The maximum atomic E-state index is 12.5. The summed E-state index contributed by atoms with van der Waals surface area (Å²) in [6.45, 7) is 6.26. The van der Waals surface area contributed by atoms with E-state index in [0.29, 0.717) is 22.8 Å². The van der Waals surface area contributed by atoms with Gasteiger partial charge in [0.1, 0.15) is 5.75 Å². The molecular weight excluding hydrogens is 248 g/mol. The third-order valence-corrected chi connectivity index (χ3v) is 3.44. The molecule has 0 N–H and O–H groups in total. The van der Waals surface area contributed by atoms with Crippen LogP contribution in [0.5, 0.6) is 5.75 Å². The lowest BCUT2D eigenvalue weighted by atomic mass is 9.97. The third-order valence-electron chi connectivity index (χ3n) is 3.44. The van der Waals surface area contributed by atoms with E-state index in [2.05, 4.69) is 13.8 Å². The van der Waals surface area contributed by atoms with E-state index in [1.54, 1.807) is 7.11 Å². The van der Waals surface area contributed by atoms with Crippen molar-refractivity contribution in [3.8, 4) is 5.75 Å². The molecule has 0 saturated carbocycles. The largest absolute Gasteiger partial charge is 0.496 e. The van der Waals surface area contributed by atoms with Gasteiger partial charge in [-0.25, -0.2) is 0 Å². The molecule has 0 atom stereocenters. The lowest BCUT2D eigenvalue weighted by molar-refractivity contribution is 0.103. The smallest absolute Gasteiger partial charge is 0.196 e. The fourth-order valence-electron chi connectivity index (χ4n) is 2.16. The number of ketones is 1. The molecule has 0 spiro atoms. The van der Waals surface area contributed by atoms with Crippen molar-refractivity contribution < 1.29 is 9.53 Å². The molecule has 2 aromatic carbocycles. The number of methoxy groups -OCH3 is 1. The number of ether oxygens (including phenoxy) is 1. The molecule has 0 aromatic heterocycles. The average Bonchev–Trinajstić information content (AvgIpc) is 2.46. The Hall–Kier alpha value is -2.09. The van der Waals surface area contributed by atoms with Gasteiger partial charge in [-0.2, -0.15) is 0 Å². The van der Waals surface area contributed by atoms with Crippen LogP contribution in [-0.4, -0.2) is 12.9 Å². The summed E-state index contributed by atoms with van der Waals surface area (Å²) in [7, 11) is 1.59. The van der Waals surface area contributed by atoms with Crippen molar-refractivity contribution in [3.63, 3.8) is 0 Å². The first-order chi connectivity index (χ1) is 9.52. The van der Waals surface area contributed by atoms with Crippen LogP contribution in [0.2, 0.25) is 0 Å². The molecule has 2 nitrogen and oxygen atoms in total. The second kappa shape index (κ2) is 5.91. The zero-order valence-corrected chi connectivity index (χ0v) is 12.4. The molecule has 0 saturated heterocycles. The zero-order valence-electron chi connectivity index (χ0n) is 12.4. The highest BCUT2D eigenvalue weighted by molar-refractivity contribution is 6.10. The summed E-state index contributed by atoms with van der Waals surface area (Å²) in [4.78, 5) is 12.5.